The molecule has 0 radical (unpaired) electrons. The first-order valence-electron chi connectivity index (χ1n) is 9.22. The van der Waals surface area contributed by atoms with Gasteiger partial charge in [0.2, 0.25) is 5.75 Å². The van der Waals surface area contributed by atoms with Gasteiger partial charge in [0, 0.05) is 27.5 Å². The number of rotatable bonds is 7. The largest absolute Gasteiger partial charge is 0.487 e. The van der Waals surface area contributed by atoms with Crippen LogP contribution < -0.4 is 10.3 Å². The summed E-state index contributed by atoms with van der Waals surface area (Å²) >= 11 is 9.41. The van der Waals surface area contributed by atoms with Crippen LogP contribution in [0.4, 0.5) is 5.69 Å². The average molecular weight is 494 g/mol. The molecule has 1 aromatic heterocycles. The zero-order valence-electron chi connectivity index (χ0n) is 16.3. The second-order valence-corrected chi connectivity index (χ2v) is 7.69. The molecule has 0 fully saturated rings. The summed E-state index contributed by atoms with van der Waals surface area (Å²) in [5.41, 5.74) is 0.259. The number of nitro benzene ring substituents is 1. The van der Waals surface area contributed by atoms with E-state index in [1.54, 1.807) is 19.1 Å². The highest BCUT2D eigenvalue weighted by Crippen LogP contribution is 2.33. The second kappa shape index (κ2) is 9.36. The second-order valence-electron chi connectivity index (χ2n) is 6.33. The molecule has 0 saturated carbocycles. The number of aryl methyl sites for hydroxylation is 1. The molecule has 156 valence electrons. The number of benzene rings is 2. The molecule has 2 aromatic carbocycles. The third-order valence-electron chi connectivity index (χ3n) is 4.21. The van der Waals surface area contributed by atoms with Gasteiger partial charge in [-0.15, -0.1) is 0 Å². The predicted molar refractivity (Wildman–Crippen MR) is 120 cm³/mol. The molecular formula is C20H18BrClN4O4. The monoisotopic (exact) mass is 492 g/mol. The molecule has 0 saturated heterocycles. The predicted octanol–water partition coefficient (Wildman–Crippen LogP) is 4.95. The third-order valence-corrected chi connectivity index (χ3v) is 4.92. The number of nitro groups is 1. The minimum Gasteiger partial charge on any atom is -0.487 e. The quantitative estimate of drug-likeness (QED) is 0.263. The van der Waals surface area contributed by atoms with Crippen molar-refractivity contribution in [2.75, 3.05) is 6.61 Å². The summed E-state index contributed by atoms with van der Waals surface area (Å²) in [4.78, 5) is 28.5. The highest BCUT2D eigenvalue weighted by molar-refractivity contribution is 9.10. The van der Waals surface area contributed by atoms with E-state index in [1.165, 1.54) is 23.0 Å². The van der Waals surface area contributed by atoms with Gasteiger partial charge in [-0.2, -0.15) is 9.78 Å². The van der Waals surface area contributed by atoms with Gasteiger partial charge in [-0.1, -0.05) is 34.5 Å². The van der Waals surface area contributed by atoms with E-state index in [0.717, 1.165) is 10.9 Å². The third kappa shape index (κ3) is 4.52. The number of nitrogens with zero attached hydrogens (tertiary/aromatic N) is 4. The van der Waals surface area contributed by atoms with Gasteiger partial charge in [-0.3, -0.25) is 14.9 Å². The summed E-state index contributed by atoms with van der Waals surface area (Å²) in [5, 5.41) is 16.3. The molecule has 0 aliphatic heterocycles. The van der Waals surface area contributed by atoms with Crippen LogP contribution in [0.2, 0.25) is 5.02 Å². The summed E-state index contributed by atoms with van der Waals surface area (Å²) in [5.74, 6) is 0.528. The lowest BCUT2D eigenvalue weighted by Gasteiger charge is -2.10. The molecule has 30 heavy (non-hydrogen) atoms. The Hall–Kier alpha value is -2.78. The Morgan fingerprint density at radius 2 is 2.10 bits per heavy atom. The Bertz CT molecular complexity index is 1210. The standard InChI is InChI=1S/C20H18BrClN4O4/c1-3-5-18-24-16-7-6-13(21)9-15(16)20(27)25(18)23-11-12-8-14(22)10-17(26(28)29)19(12)30-4-2/h6-11H,3-5H2,1-2H3. The van der Waals surface area contributed by atoms with E-state index in [-0.39, 0.29) is 28.6 Å². The molecule has 0 atom stereocenters. The zero-order chi connectivity index (χ0) is 21.8. The fourth-order valence-electron chi connectivity index (χ4n) is 2.95. The van der Waals surface area contributed by atoms with Crippen molar-refractivity contribution in [3.05, 3.63) is 71.7 Å². The van der Waals surface area contributed by atoms with E-state index >= 15 is 0 Å². The molecule has 0 aliphatic rings. The first-order chi connectivity index (χ1) is 14.3. The number of fused-ring (bicyclic) bond motifs is 1. The Morgan fingerprint density at radius 3 is 2.77 bits per heavy atom. The molecule has 3 aromatic rings. The van der Waals surface area contributed by atoms with Crippen molar-refractivity contribution in [3.63, 3.8) is 0 Å². The number of hydrogen-bond acceptors (Lipinski definition) is 6. The van der Waals surface area contributed by atoms with Gasteiger partial charge < -0.3 is 4.74 Å². The summed E-state index contributed by atoms with van der Waals surface area (Å²) in [6.45, 7) is 3.91. The van der Waals surface area contributed by atoms with E-state index in [2.05, 4.69) is 26.0 Å². The van der Waals surface area contributed by atoms with Crippen molar-refractivity contribution >= 4 is 50.3 Å². The highest BCUT2D eigenvalue weighted by Gasteiger charge is 2.20. The van der Waals surface area contributed by atoms with Crippen molar-refractivity contribution < 1.29 is 9.66 Å². The number of ether oxygens (including phenoxy) is 1. The average Bonchev–Trinajstić information content (AvgIpc) is 2.70. The first-order valence-corrected chi connectivity index (χ1v) is 10.4. The maximum atomic E-state index is 13.1. The SMILES string of the molecule is CCCc1nc2ccc(Br)cc2c(=O)n1N=Cc1cc(Cl)cc([N+](=O)[O-])c1OCC. The molecule has 0 unspecified atom stereocenters. The van der Waals surface area contributed by atoms with Gasteiger partial charge in [0.15, 0.2) is 0 Å². The molecular weight excluding hydrogens is 476 g/mol. The molecule has 1 heterocycles. The molecule has 0 aliphatic carbocycles. The van der Waals surface area contributed by atoms with Crippen LogP contribution >= 0.6 is 27.5 Å². The van der Waals surface area contributed by atoms with Crippen molar-refractivity contribution in [2.24, 2.45) is 5.10 Å². The Labute approximate surface area is 185 Å². The smallest absolute Gasteiger partial charge is 0.313 e. The summed E-state index contributed by atoms with van der Waals surface area (Å²) in [7, 11) is 0. The van der Waals surface area contributed by atoms with Crippen LogP contribution in [0, 0.1) is 10.1 Å². The van der Waals surface area contributed by atoms with Crippen LogP contribution in [0.15, 0.2) is 44.7 Å². The zero-order valence-corrected chi connectivity index (χ0v) is 18.6. The lowest BCUT2D eigenvalue weighted by atomic mass is 10.2. The summed E-state index contributed by atoms with van der Waals surface area (Å²) in [6.07, 6.45) is 2.62. The number of aromatic nitrogens is 2. The van der Waals surface area contributed by atoms with E-state index in [9.17, 15) is 14.9 Å². The maximum absolute atomic E-state index is 13.1. The van der Waals surface area contributed by atoms with Crippen molar-refractivity contribution in [3.8, 4) is 5.75 Å². The van der Waals surface area contributed by atoms with E-state index in [0.29, 0.717) is 28.7 Å². The van der Waals surface area contributed by atoms with Crippen LogP contribution in [0.1, 0.15) is 31.7 Å². The van der Waals surface area contributed by atoms with Crippen LogP contribution in [0.5, 0.6) is 5.75 Å². The van der Waals surface area contributed by atoms with Crippen LogP contribution in [-0.4, -0.2) is 27.4 Å². The van der Waals surface area contributed by atoms with E-state index in [4.69, 9.17) is 16.3 Å². The summed E-state index contributed by atoms with van der Waals surface area (Å²) < 4.78 is 7.42. The van der Waals surface area contributed by atoms with Crippen LogP contribution in [0.3, 0.4) is 0 Å². The van der Waals surface area contributed by atoms with Gasteiger partial charge in [-0.05, 0) is 37.6 Å². The minimum absolute atomic E-state index is 0.0391. The molecule has 8 nitrogen and oxygen atoms in total. The van der Waals surface area contributed by atoms with Crippen molar-refractivity contribution in [1.29, 1.82) is 0 Å². The Morgan fingerprint density at radius 1 is 1.33 bits per heavy atom. The molecule has 0 amide bonds. The summed E-state index contributed by atoms with van der Waals surface area (Å²) in [6, 6.07) is 7.98. The Balaban J connectivity index is 2.21. The Kier molecular flexibility index (Phi) is 6.84. The van der Waals surface area contributed by atoms with Gasteiger partial charge >= 0.3 is 5.69 Å². The van der Waals surface area contributed by atoms with E-state index in [1.807, 2.05) is 13.0 Å². The van der Waals surface area contributed by atoms with Crippen LogP contribution in [-0.2, 0) is 6.42 Å². The maximum Gasteiger partial charge on any atom is 0.313 e. The normalized spacial score (nSPS) is 11.3. The molecule has 0 spiro atoms. The van der Waals surface area contributed by atoms with Gasteiger partial charge in [0.1, 0.15) is 5.82 Å². The number of halogens is 2. The first kappa shape index (κ1) is 21.9. The lowest BCUT2D eigenvalue weighted by molar-refractivity contribution is -0.385. The molecule has 3 rings (SSSR count). The van der Waals surface area contributed by atoms with Crippen molar-refractivity contribution in [2.45, 2.75) is 26.7 Å². The fraction of sp³-hybridized carbons (Fsp3) is 0.250. The molecule has 0 N–H and O–H groups in total. The highest BCUT2D eigenvalue weighted by atomic mass is 79.9. The van der Waals surface area contributed by atoms with Gasteiger partial charge in [0.05, 0.1) is 28.6 Å². The molecule has 10 heteroatoms. The van der Waals surface area contributed by atoms with E-state index < -0.39 is 4.92 Å². The molecule has 0 bridgehead atoms. The van der Waals surface area contributed by atoms with Gasteiger partial charge in [-0.25, -0.2) is 4.98 Å². The lowest BCUT2D eigenvalue weighted by Crippen LogP contribution is -2.22. The van der Waals surface area contributed by atoms with Gasteiger partial charge in [0.25, 0.3) is 5.56 Å². The minimum atomic E-state index is -0.571. The van der Waals surface area contributed by atoms with Crippen LogP contribution in [0.25, 0.3) is 10.9 Å². The number of hydrogen-bond donors (Lipinski definition) is 0. The topological polar surface area (TPSA) is 99.6 Å². The fourth-order valence-corrected chi connectivity index (χ4v) is 3.53. The van der Waals surface area contributed by atoms with Crippen molar-refractivity contribution in [1.82, 2.24) is 9.66 Å².